The number of aromatic nitrogens is 2. The summed E-state index contributed by atoms with van der Waals surface area (Å²) in [5.74, 6) is 1.65. The molecular weight excluding hydrogens is 284 g/mol. The minimum Gasteiger partial charge on any atom is -0.381 e. The minimum atomic E-state index is 0.524. The van der Waals surface area contributed by atoms with Crippen LogP contribution in [0.25, 0.3) is 0 Å². The summed E-state index contributed by atoms with van der Waals surface area (Å²) in [6, 6.07) is 4.58. The number of likely N-dealkylation sites (tertiary alicyclic amines) is 1. The molecule has 0 radical (unpaired) electrons. The van der Waals surface area contributed by atoms with E-state index in [1.54, 1.807) is 11.8 Å². The standard InChI is InChI=1S/C15H24N4OS/c1-21-15-3-2-14(17-18-15)16-13-4-7-19(8-5-13)10-12-6-9-20-11-12/h2-3,12-13H,4-11H2,1H3,(H,16,17). The van der Waals surface area contributed by atoms with Crippen LogP contribution < -0.4 is 5.32 Å². The molecule has 0 saturated carbocycles. The smallest absolute Gasteiger partial charge is 0.148 e. The van der Waals surface area contributed by atoms with Crippen LogP contribution in [0.5, 0.6) is 0 Å². The van der Waals surface area contributed by atoms with Gasteiger partial charge in [0, 0.05) is 32.3 Å². The van der Waals surface area contributed by atoms with Gasteiger partial charge in [0.05, 0.1) is 6.61 Å². The van der Waals surface area contributed by atoms with Crippen molar-refractivity contribution >= 4 is 17.6 Å². The van der Waals surface area contributed by atoms with E-state index in [-0.39, 0.29) is 0 Å². The molecule has 6 heteroatoms. The van der Waals surface area contributed by atoms with Gasteiger partial charge >= 0.3 is 0 Å². The first-order chi connectivity index (χ1) is 10.3. The van der Waals surface area contributed by atoms with Crippen molar-refractivity contribution < 1.29 is 4.74 Å². The number of thioether (sulfide) groups is 1. The maximum absolute atomic E-state index is 5.46. The number of piperidine rings is 1. The third kappa shape index (κ3) is 4.31. The molecule has 2 aliphatic heterocycles. The highest BCUT2D eigenvalue weighted by Gasteiger charge is 2.23. The van der Waals surface area contributed by atoms with Gasteiger partial charge in [-0.05, 0) is 43.6 Å². The Labute approximate surface area is 130 Å². The van der Waals surface area contributed by atoms with Gasteiger partial charge in [-0.1, -0.05) is 0 Å². The van der Waals surface area contributed by atoms with E-state index in [0.29, 0.717) is 6.04 Å². The van der Waals surface area contributed by atoms with E-state index >= 15 is 0 Å². The summed E-state index contributed by atoms with van der Waals surface area (Å²) in [5, 5.41) is 12.9. The van der Waals surface area contributed by atoms with Crippen LogP contribution in [0.3, 0.4) is 0 Å². The van der Waals surface area contributed by atoms with Gasteiger partial charge < -0.3 is 15.0 Å². The van der Waals surface area contributed by atoms with Gasteiger partial charge in [-0.3, -0.25) is 0 Å². The first-order valence-electron chi connectivity index (χ1n) is 7.78. The van der Waals surface area contributed by atoms with Gasteiger partial charge in [-0.25, -0.2) is 0 Å². The average Bonchev–Trinajstić information content (AvgIpc) is 3.03. The fourth-order valence-electron chi connectivity index (χ4n) is 3.07. The summed E-state index contributed by atoms with van der Waals surface area (Å²) in [6.45, 7) is 5.45. The van der Waals surface area contributed by atoms with Crippen LogP contribution in [0.2, 0.25) is 0 Å². The zero-order valence-corrected chi connectivity index (χ0v) is 13.4. The predicted molar refractivity (Wildman–Crippen MR) is 85.8 cm³/mol. The first kappa shape index (κ1) is 15.1. The van der Waals surface area contributed by atoms with E-state index in [2.05, 4.69) is 20.4 Å². The molecule has 0 amide bonds. The van der Waals surface area contributed by atoms with E-state index in [0.717, 1.165) is 30.0 Å². The molecule has 1 unspecified atom stereocenters. The summed E-state index contributed by atoms with van der Waals surface area (Å²) < 4.78 is 5.46. The lowest BCUT2D eigenvalue weighted by molar-refractivity contribution is 0.154. The number of nitrogens with zero attached hydrogens (tertiary/aromatic N) is 3. The molecule has 0 aromatic carbocycles. The number of ether oxygens (including phenoxy) is 1. The highest BCUT2D eigenvalue weighted by Crippen LogP contribution is 2.20. The van der Waals surface area contributed by atoms with E-state index in [9.17, 15) is 0 Å². The summed E-state index contributed by atoms with van der Waals surface area (Å²) in [4.78, 5) is 2.58. The molecule has 3 heterocycles. The third-order valence-corrected chi connectivity index (χ3v) is 4.97. The predicted octanol–water partition coefficient (Wildman–Crippen LogP) is 2.11. The molecular formula is C15H24N4OS. The zero-order chi connectivity index (χ0) is 14.5. The van der Waals surface area contributed by atoms with Crippen LogP contribution >= 0.6 is 11.8 Å². The van der Waals surface area contributed by atoms with Gasteiger partial charge in [-0.2, -0.15) is 0 Å². The van der Waals surface area contributed by atoms with Crippen molar-refractivity contribution in [2.24, 2.45) is 5.92 Å². The lowest BCUT2D eigenvalue weighted by Gasteiger charge is -2.33. The Balaban J connectivity index is 1.42. The number of nitrogens with one attached hydrogen (secondary N) is 1. The van der Waals surface area contributed by atoms with Crippen molar-refractivity contribution in [1.29, 1.82) is 0 Å². The van der Waals surface area contributed by atoms with E-state index in [4.69, 9.17) is 4.74 Å². The fourth-order valence-corrected chi connectivity index (χ4v) is 3.39. The second kappa shape index (κ2) is 7.42. The summed E-state index contributed by atoms with van der Waals surface area (Å²) in [7, 11) is 0. The van der Waals surface area contributed by atoms with Crippen LogP contribution in [-0.2, 0) is 4.74 Å². The van der Waals surface area contributed by atoms with Crippen molar-refractivity contribution in [2.75, 3.05) is 44.4 Å². The molecule has 21 heavy (non-hydrogen) atoms. The third-order valence-electron chi connectivity index (χ3n) is 4.33. The van der Waals surface area contributed by atoms with E-state index in [1.807, 2.05) is 18.4 Å². The largest absolute Gasteiger partial charge is 0.381 e. The van der Waals surface area contributed by atoms with Crippen LogP contribution in [0.15, 0.2) is 17.2 Å². The molecule has 2 aliphatic rings. The quantitative estimate of drug-likeness (QED) is 0.841. The monoisotopic (exact) mass is 308 g/mol. The Kier molecular flexibility index (Phi) is 5.32. The average molecular weight is 308 g/mol. The van der Waals surface area contributed by atoms with Crippen molar-refractivity contribution in [3.63, 3.8) is 0 Å². The van der Waals surface area contributed by atoms with Crippen molar-refractivity contribution in [1.82, 2.24) is 15.1 Å². The maximum atomic E-state index is 5.46. The molecule has 1 aromatic heterocycles. The highest BCUT2D eigenvalue weighted by atomic mass is 32.2. The van der Waals surface area contributed by atoms with Gasteiger partial charge in [-0.15, -0.1) is 22.0 Å². The van der Waals surface area contributed by atoms with E-state index < -0.39 is 0 Å². The first-order valence-corrected chi connectivity index (χ1v) is 9.00. The number of hydrogen-bond donors (Lipinski definition) is 1. The minimum absolute atomic E-state index is 0.524. The topological polar surface area (TPSA) is 50.3 Å². The Morgan fingerprint density at radius 2 is 2.14 bits per heavy atom. The summed E-state index contributed by atoms with van der Waals surface area (Å²) in [6.07, 6.45) is 5.61. The molecule has 5 nitrogen and oxygen atoms in total. The molecule has 0 bridgehead atoms. The Morgan fingerprint density at radius 1 is 1.29 bits per heavy atom. The van der Waals surface area contributed by atoms with Crippen LogP contribution in [-0.4, -0.2) is 60.2 Å². The lowest BCUT2D eigenvalue weighted by Crippen LogP contribution is -2.41. The Morgan fingerprint density at radius 3 is 2.76 bits per heavy atom. The van der Waals surface area contributed by atoms with Gasteiger partial charge in [0.25, 0.3) is 0 Å². The fraction of sp³-hybridized carbons (Fsp3) is 0.733. The van der Waals surface area contributed by atoms with Gasteiger partial charge in [0.1, 0.15) is 10.8 Å². The number of anilines is 1. The summed E-state index contributed by atoms with van der Waals surface area (Å²) >= 11 is 1.62. The SMILES string of the molecule is CSc1ccc(NC2CCN(CC3CCOC3)CC2)nn1. The van der Waals surface area contributed by atoms with Crippen LogP contribution in [0.4, 0.5) is 5.82 Å². The normalized spacial score (nSPS) is 24.3. The Hall–Kier alpha value is -0.850. The van der Waals surface area contributed by atoms with Crippen molar-refractivity contribution in [2.45, 2.75) is 30.3 Å². The van der Waals surface area contributed by atoms with Crippen LogP contribution in [0, 0.1) is 5.92 Å². The van der Waals surface area contributed by atoms with Crippen molar-refractivity contribution in [3.8, 4) is 0 Å². The summed E-state index contributed by atoms with van der Waals surface area (Å²) in [5.41, 5.74) is 0. The molecule has 3 rings (SSSR count). The van der Waals surface area contributed by atoms with Crippen LogP contribution in [0.1, 0.15) is 19.3 Å². The number of rotatable bonds is 5. The number of hydrogen-bond acceptors (Lipinski definition) is 6. The van der Waals surface area contributed by atoms with Gasteiger partial charge in [0.15, 0.2) is 0 Å². The lowest BCUT2D eigenvalue weighted by atomic mass is 10.0. The molecule has 2 fully saturated rings. The molecule has 116 valence electrons. The highest BCUT2D eigenvalue weighted by molar-refractivity contribution is 7.98. The second-order valence-corrected chi connectivity index (χ2v) is 6.74. The molecule has 0 aliphatic carbocycles. The molecule has 2 saturated heterocycles. The Bertz CT molecular complexity index is 428. The molecule has 1 atom stereocenters. The van der Waals surface area contributed by atoms with Crippen molar-refractivity contribution in [3.05, 3.63) is 12.1 Å². The molecule has 1 N–H and O–H groups in total. The molecule has 1 aromatic rings. The van der Waals surface area contributed by atoms with Gasteiger partial charge in [0.2, 0.25) is 0 Å². The molecule has 0 spiro atoms. The maximum Gasteiger partial charge on any atom is 0.148 e. The second-order valence-electron chi connectivity index (χ2n) is 5.91. The zero-order valence-electron chi connectivity index (χ0n) is 12.6. The van der Waals surface area contributed by atoms with E-state index in [1.165, 1.54) is 38.9 Å².